The van der Waals surface area contributed by atoms with Crippen LogP contribution in [-0.4, -0.2) is 72.7 Å². The Balaban J connectivity index is 2.53. The molecule has 0 spiro atoms. The molecular weight excluding hydrogens is 272 g/mol. The lowest BCUT2D eigenvalue weighted by molar-refractivity contribution is -0.143. The SMILES string of the molecule is CC(C)CC(=O)N(CCN1CCOCC1)CC(C)C(=O)O. The van der Waals surface area contributed by atoms with Crippen molar-refractivity contribution in [2.45, 2.75) is 27.2 Å². The lowest BCUT2D eigenvalue weighted by Gasteiger charge is -2.31. The lowest BCUT2D eigenvalue weighted by atomic mass is 10.1. The predicted octanol–water partition coefficient (Wildman–Crippen LogP) is 0.914. The number of nitrogens with zero attached hydrogens (tertiary/aromatic N) is 2. The molecule has 0 bridgehead atoms. The van der Waals surface area contributed by atoms with Crippen LogP contribution in [0.15, 0.2) is 0 Å². The number of carboxylic acids is 1. The van der Waals surface area contributed by atoms with Gasteiger partial charge in [0.25, 0.3) is 0 Å². The minimum atomic E-state index is -0.858. The molecular formula is C15H28N2O4. The first-order valence-corrected chi connectivity index (χ1v) is 7.70. The molecule has 0 aliphatic carbocycles. The third kappa shape index (κ3) is 6.91. The number of rotatable bonds is 8. The van der Waals surface area contributed by atoms with Crippen LogP contribution in [0.25, 0.3) is 0 Å². The Labute approximate surface area is 127 Å². The highest BCUT2D eigenvalue weighted by Crippen LogP contribution is 2.08. The maximum atomic E-state index is 12.3. The van der Waals surface area contributed by atoms with Crippen LogP contribution in [0, 0.1) is 11.8 Å². The highest BCUT2D eigenvalue weighted by atomic mass is 16.5. The zero-order valence-corrected chi connectivity index (χ0v) is 13.4. The quantitative estimate of drug-likeness (QED) is 0.721. The van der Waals surface area contributed by atoms with Crippen LogP contribution in [0.3, 0.4) is 0 Å². The second-order valence-electron chi connectivity index (χ2n) is 6.13. The number of morpholine rings is 1. The van der Waals surface area contributed by atoms with E-state index in [9.17, 15) is 9.59 Å². The number of amides is 1. The van der Waals surface area contributed by atoms with E-state index in [-0.39, 0.29) is 18.4 Å². The van der Waals surface area contributed by atoms with E-state index < -0.39 is 11.9 Å². The van der Waals surface area contributed by atoms with Crippen LogP contribution in [0.5, 0.6) is 0 Å². The van der Waals surface area contributed by atoms with Crippen molar-refractivity contribution in [1.29, 1.82) is 0 Å². The van der Waals surface area contributed by atoms with Gasteiger partial charge in [-0.15, -0.1) is 0 Å². The molecule has 1 aliphatic rings. The molecule has 0 aromatic carbocycles. The van der Waals surface area contributed by atoms with E-state index in [1.807, 2.05) is 13.8 Å². The van der Waals surface area contributed by atoms with Gasteiger partial charge in [0.15, 0.2) is 0 Å². The maximum Gasteiger partial charge on any atom is 0.308 e. The first kappa shape index (κ1) is 17.9. The molecule has 1 unspecified atom stereocenters. The topological polar surface area (TPSA) is 70.1 Å². The summed E-state index contributed by atoms with van der Waals surface area (Å²) in [5, 5.41) is 9.05. The van der Waals surface area contributed by atoms with E-state index in [1.54, 1.807) is 11.8 Å². The fraction of sp³-hybridized carbons (Fsp3) is 0.867. The molecule has 1 rings (SSSR count). The molecule has 21 heavy (non-hydrogen) atoms. The third-order valence-electron chi connectivity index (χ3n) is 3.64. The van der Waals surface area contributed by atoms with Gasteiger partial charge in [-0.3, -0.25) is 14.5 Å². The van der Waals surface area contributed by atoms with Gasteiger partial charge in [-0.25, -0.2) is 0 Å². The summed E-state index contributed by atoms with van der Waals surface area (Å²) in [6.07, 6.45) is 0.468. The number of hydrogen-bond acceptors (Lipinski definition) is 4. The molecule has 1 aliphatic heterocycles. The first-order chi connectivity index (χ1) is 9.90. The van der Waals surface area contributed by atoms with Gasteiger partial charge in [0.1, 0.15) is 0 Å². The Morgan fingerprint density at radius 1 is 1.24 bits per heavy atom. The second kappa shape index (κ2) is 9.00. The van der Waals surface area contributed by atoms with Crippen molar-refractivity contribution < 1.29 is 19.4 Å². The average Bonchev–Trinajstić information content (AvgIpc) is 2.43. The van der Waals surface area contributed by atoms with Gasteiger partial charge >= 0.3 is 5.97 Å². The van der Waals surface area contributed by atoms with Crippen LogP contribution >= 0.6 is 0 Å². The van der Waals surface area contributed by atoms with Crippen LogP contribution in [0.4, 0.5) is 0 Å². The predicted molar refractivity (Wildman–Crippen MR) is 80.1 cm³/mol. The highest BCUT2D eigenvalue weighted by molar-refractivity contribution is 5.77. The van der Waals surface area contributed by atoms with Gasteiger partial charge in [-0.05, 0) is 5.92 Å². The lowest BCUT2D eigenvalue weighted by Crippen LogP contribution is -2.45. The largest absolute Gasteiger partial charge is 0.481 e. The molecule has 122 valence electrons. The number of ether oxygens (including phenoxy) is 1. The Kier molecular flexibility index (Phi) is 7.67. The Bertz CT molecular complexity index is 341. The fourth-order valence-electron chi connectivity index (χ4n) is 2.29. The van der Waals surface area contributed by atoms with Crippen LogP contribution in [0.1, 0.15) is 27.2 Å². The smallest absolute Gasteiger partial charge is 0.308 e. The van der Waals surface area contributed by atoms with Crippen molar-refractivity contribution in [3.05, 3.63) is 0 Å². The molecule has 1 atom stereocenters. The number of hydrogen-bond donors (Lipinski definition) is 1. The molecule has 0 aromatic heterocycles. The number of carbonyl (C=O) groups excluding carboxylic acids is 1. The average molecular weight is 300 g/mol. The molecule has 0 aromatic rings. The normalized spacial score (nSPS) is 17.7. The van der Waals surface area contributed by atoms with Crippen molar-refractivity contribution in [3.63, 3.8) is 0 Å². The van der Waals surface area contributed by atoms with Gasteiger partial charge in [-0.2, -0.15) is 0 Å². The third-order valence-corrected chi connectivity index (χ3v) is 3.64. The van der Waals surface area contributed by atoms with Crippen molar-refractivity contribution >= 4 is 11.9 Å². The number of carboxylic acid groups (broad SMARTS) is 1. The van der Waals surface area contributed by atoms with Gasteiger partial charge < -0.3 is 14.7 Å². The van der Waals surface area contributed by atoms with E-state index in [0.717, 1.165) is 32.8 Å². The zero-order chi connectivity index (χ0) is 15.8. The molecule has 0 saturated carbocycles. The number of aliphatic carboxylic acids is 1. The summed E-state index contributed by atoms with van der Waals surface area (Å²) >= 11 is 0. The van der Waals surface area contributed by atoms with Gasteiger partial charge in [0.05, 0.1) is 19.1 Å². The van der Waals surface area contributed by atoms with E-state index >= 15 is 0 Å². The van der Waals surface area contributed by atoms with E-state index in [1.165, 1.54) is 0 Å². The summed E-state index contributed by atoms with van der Waals surface area (Å²) in [4.78, 5) is 27.3. The Morgan fingerprint density at radius 3 is 2.38 bits per heavy atom. The van der Waals surface area contributed by atoms with Crippen molar-refractivity contribution in [2.24, 2.45) is 11.8 Å². The van der Waals surface area contributed by atoms with E-state index in [0.29, 0.717) is 13.0 Å². The minimum absolute atomic E-state index is 0.0476. The summed E-state index contributed by atoms with van der Waals surface area (Å²) in [6.45, 7) is 10.5. The van der Waals surface area contributed by atoms with Gasteiger partial charge in [0, 0.05) is 39.1 Å². The first-order valence-electron chi connectivity index (χ1n) is 7.70. The second-order valence-corrected chi connectivity index (χ2v) is 6.13. The fourth-order valence-corrected chi connectivity index (χ4v) is 2.29. The summed E-state index contributed by atoms with van der Waals surface area (Å²) in [5.74, 6) is -1.07. The van der Waals surface area contributed by atoms with Gasteiger partial charge in [-0.1, -0.05) is 20.8 Å². The molecule has 6 nitrogen and oxygen atoms in total. The standard InChI is InChI=1S/C15H28N2O4/c1-12(2)10-14(18)17(11-13(3)15(19)20)5-4-16-6-8-21-9-7-16/h12-13H,4-11H2,1-3H3,(H,19,20). The Morgan fingerprint density at radius 2 is 1.86 bits per heavy atom. The zero-order valence-electron chi connectivity index (χ0n) is 13.4. The Hall–Kier alpha value is -1.14. The van der Waals surface area contributed by atoms with Crippen molar-refractivity contribution in [3.8, 4) is 0 Å². The molecule has 1 N–H and O–H groups in total. The molecule has 1 heterocycles. The molecule has 0 radical (unpaired) electrons. The highest BCUT2D eigenvalue weighted by Gasteiger charge is 2.22. The van der Waals surface area contributed by atoms with Crippen LogP contribution < -0.4 is 0 Å². The van der Waals surface area contributed by atoms with E-state index in [2.05, 4.69) is 4.90 Å². The summed E-state index contributed by atoms with van der Waals surface area (Å²) in [7, 11) is 0. The van der Waals surface area contributed by atoms with Crippen molar-refractivity contribution in [2.75, 3.05) is 45.9 Å². The minimum Gasteiger partial charge on any atom is -0.481 e. The van der Waals surface area contributed by atoms with Crippen LogP contribution in [0.2, 0.25) is 0 Å². The summed E-state index contributed by atoms with van der Waals surface area (Å²) in [6, 6.07) is 0. The molecule has 1 fully saturated rings. The molecule has 1 amide bonds. The summed E-state index contributed by atoms with van der Waals surface area (Å²) in [5.41, 5.74) is 0. The summed E-state index contributed by atoms with van der Waals surface area (Å²) < 4.78 is 5.30. The monoisotopic (exact) mass is 300 g/mol. The van der Waals surface area contributed by atoms with Crippen LogP contribution in [-0.2, 0) is 14.3 Å². The van der Waals surface area contributed by atoms with E-state index in [4.69, 9.17) is 9.84 Å². The maximum absolute atomic E-state index is 12.3. The number of carbonyl (C=O) groups is 2. The van der Waals surface area contributed by atoms with Gasteiger partial charge in [0.2, 0.25) is 5.91 Å². The van der Waals surface area contributed by atoms with Crippen molar-refractivity contribution in [1.82, 2.24) is 9.80 Å². The molecule has 1 saturated heterocycles. The molecule has 6 heteroatoms.